The van der Waals surface area contributed by atoms with E-state index in [4.69, 9.17) is 4.74 Å². The summed E-state index contributed by atoms with van der Waals surface area (Å²) in [5, 5.41) is 3.53. The van der Waals surface area contributed by atoms with Gasteiger partial charge in [-0.15, -0.1) is 0 Å². The minimum absolute atomic E-state index is 0.182. The smallest absolute Gasteiger partial charge is 0.171 e. The van der Waals surface area contributed by atoms with E-state index in [2.05, 4.69) is 36.0 Å². The molecule has 0 aromatic carbocycles. The van der Waals surface area contributed by atoms with Gasteiger partial charge in [-0.05, 0) is 44.2 Å². The summed E-state index contributed by atoms with van der Waals surface area (Å²) in [6.45, 7) is 9.80. The van der Waals surface area contributed by atoms with Crippen LogP contribution in [0.15, 0.2) is 18.3 Å². The molecule has 1 aromatic rings. The minimum Gasteiger partial charge on any atom is -0.487 e. The molecule has 1 aromatic heterocycles. The number of aromatic nitrogens is 1. The highest BCUT2D eigenvalue weighted by atomic mass is 16.5. The summed E-state index contributed by atoms with van der Waals surface area (Å²) in [5.74, 6) is 3.47. The largest absolute Gasteiger partial charge is 0.487 e. The lowest BCUT2D eigenvalue weighted by atomic mass is 9.93. The number of hydrogen-bond acceptors (Lipinski definition) is 4. The molecule has 2 fully saturated rings. The molecule has 20 heavy (non-hydrogen) atoms. The van der Waals surface area contributed by atoms with E-state index in [9.17, 15) is 0 Å². The van der Waals surface area contributed by atoms with Crippen LogP contribution in [0, 0.1) is 11.8 Å². The van der Waals surface area contributed by atoms with Crippen LogP contribution in [0.5, 0.6) is 5.75 Å². The summed E-state index contributed by atoms with van der Waals surface area (Å²) >= 11 is 0. The first-order valence-corrected chi connectivity index (χ1v) is 7.79. The van der Waals surface area contributed by atoms with Crippen LogP contribution in [0.2, 0.25) is 0 Å². The third kappa shape index (κ3) is 2.37. The van der Waals surface area contributed by atoms with Gasteiger partial charge in [0.25, 0.3) is 0 Å². The molecule has 3 atom stereocenters. The van der Waals surface area contributed by atoms with Gasteiger partial charge in [-0.2, -0.15) is 0 Å². The van der Waals surface area contributed by atoms with Crippen molar-refractivity contribution in [1.29, 1.82) is 0 Å². The molecule has 0 aliphatic carbocycles. The fraction of sp³-hybridized carbons (Fsp3) is 0.688. The van der Waals surface area contributed by atoms with E-state index in [1.165, 1.54) is 6.42 Å². The Hall–Kier alpha value is -1.29. The maximum absolute atomic E-state index is 5.95. The molecule has 0 spiro atoms. The fourth-order valence-corrected chi connectivity index (χ4v) is 3.73. The number of ether oxygens (including phenoxy) is 1. The highest BCUT2D eigenvalue weighted by Gasteiger charge is 2.44. The zero-order valence-electron chi connectivity index (χ0n) is 12.7. The summed E-state index contributed by atoms with van der Waals surface area (Å²) in [7, 11) is 0. The average Bonchev–Trinajstić information content (AvgIpc) is 2.98. The van der Waals surface area contributed by atoms with Crippen molar-refractivity contribution in [2.75, 3.05) is 24.5 Å². The summed E-state index contributed by atoms with van der Waals surface area (Å²) in [4.78, 5) is 7.10. The van der Waals surface area contributed by atoms with Crippen LogP contribution in [-0.2, 0) is 0 Å². The Morgan fingerprint density at radius 1 is 1.45 bits per heavy atom. The van der Waals surface area contributed by atoms with Gasteiger partial charge in [-0.1, -0.05) is 6.92 Å². The van der Waals surface area contributed by atoms with Gasteiger partial charge in [0.05, 0.1) is 6.10 Å². The molecule has 4 heteroatoms. The lowest BCUT2D eigenvalue weighted by Gasteiger charge is -2.29. The first kappa shape index (κ1) is 13.7. The van der Waals surface area contributed by atoms with Crippen LogP contribution < -0.4 is 15.0 Å². The maximum atomic E-state index is 5.95. The highest BCUT2D eigenvalue weighted by molar-refractivity contribution is 5.54. The minimum atomic E-state index is 0.182. The van der Waals surface area contributed by atoms with Crippen LogP contribution in [0.25, 0.3) is 0 Å². The van der Waals surface area contributed by atoms with Crippen molar-refractivity contribution in [1.82, 2.24) is 10.3 Å². The molecule has 0 bridgehead atoms. The van der Waals surface area contributed by atoms with Gasteiger partial charge >= 0.3 is 0 Å². The van der Waals surface area contributed by atoms with Crippen LogP contribution >= 0.6 is 0 Å². The summed E-state index contributed by atoms with van der Waals surface area (Å²) in [5.41, 5.74) is 0. The van der Waals surface area contributed by atoms with Crippen molar-refractivity contribution in [3.8, 4) is 5.75 Å². The quantitative estimate of drug-likeness (QED) is 0.915. The van der Waals surface area contributed by atoms with Gasteiger partial charge in [0.1, 0.15) is 0 Å². The van der Waals surface area contributed by atoms with E-state index < -0.39 is 0 Å². The third-order valence-corrected chi connectivity index (χ3v) is 4.52. The first-order valence-electron chi connectivity index (χ1n) is 7.79. The van der Waals surface area contributed by atoms with Crippen molar-refractivity contribution in [3.63, 3.8) is 0 Å². The zero-order valence-corrected chi connectivity index (χ0v) is 12.7. The van der Waals surface area contributed by atoms with E-state index in [1.54, 1.807) is 0 Å². The maximum Gasteiger partial charge on any atom is 0.171 e. The van der Waals surface area contributed by atoms with Crippen molar-refractivity contribution in [2.24, 2.45) is 11.8 Å². The molecule has 3 rings (SSSR count). The number of nitrogens with one attached hydrogen (secondary N) is 1. The molecule has 4 nitrogen and oxygen atoms in total. The van der Waals surface area contributed by atoms with Gasteiger partial charge in [0.15, 0.2) is 11.6 Å². The average molecular weight is 275 g/mol. The lowest BCUT2D eigenvalue weighted by molar-refractivity contribution is 0.241. The second-order valence-corrected chi connectivity index (χ2v) is 6.20. The molecule has 1 N–H and O–H groups in total. The zero-order chi connectivity index (χ0) is 14.1. The van der Waals surface area contributed by atoms with Gasteiger partial charge in [-0.25, -0.2) is 4.98 Å². The van der Waals surface area contributed by atoms with Gasteiger partial charge in [0, 0.05) is 31.9 Å². The Bertz CT molecular complexity index is 463. The van der Waals surface area contributed by atoms with Gasteiger partial charge < -0.3 is 15.0 Å². The molecule has 110 valence electrons. The first-order chi connectivity index (χ1) is 9.70. The Morgan fingerprint density at radius 2 is 2.30 bits per heavy atom. The molecule has 0 saturated carbocycles. The van der Waals surface area contributed by atoms with Crippen LogP contribution in [0.4, 0.5) is 5.82 Å². The van der Waals surface area contributed by atoms with Crippen LogP contribution in [-0.4, -0.2) is 36.8 Å². The van der Waals surface area contributed by atoms with Crippen molar-refractivity contribution in [2.45, 2.75) is 39.3 Å². The van der Waals surface area contributed by atoms with Gasteiger partial charge in [0.2, 0.25) is 0 Å². The fourth-order valence-electron chi connectivity index (χ4n) is 3.73. The topological polar surface area (TPSA) is 37.4 Å². The molecule has 2 aliphatic rings. The van der Waals surface area contributed by atoms with Gasteiger partial charge in [-0.3, -0.25) is 0 Å². The van der Waals surface area contributed by atoms with E-state index in [-0.39, 0.29) is 6.10 Å². The van der Waals surface area contributed by atoms with Crippen LogP contribution in [0.1, 0.15) is 27.2 Å². The molecule has 0 radical (unpaired) electrons. The molecule has 2 saturated heterocycles. The number of nitrogens with zero attached hydrogens (tertiary/aromatic N) is 2. The Labute approximate surface area is 121 Å². The number of hydrogen-bond donors (Lipinski definition) is 1. The summed E-state index contributed by atoms with van der Waals surface area (Å²) in [6.07, 6.45) is 3.23. The van der Waals surface area contributed by atoms with E-state index in [0.717, 1.165) is 43.0 Å². The third-order valence-electron chi connectivity index (χ3n) is 4.52. The van der Waals surface area contributed by atoms with E-state index >= 15 is 0 Å². The number of fused-ring (bicyclic) bond motifs is 1. The molecular weight excluding hydrogens is 250 g/mol. The van der Waals surface area contributed by atoms with E-state index in [1.807, 2.05) is 18.3 Å². The molecule has 3 unspecified atom stereocenters. The van der Waals surface area contributed by atoms with Crippen molar-refractivity contribution < 1.29 is 4.74 Å². The summed E-state index contributed by atoms with van der Waals surface area (Å²) in [6, 6.07) is 4.58. The molecular formula is C16H25N3O. The van der Waals surface area contributed by atoms with E-state index in [0.29, 0.717) is 6.04 Å². The monoisotopic (exact) mass is 275 g/mol. The second kappa shape index (κ2) is 5.60. The summed E-state index contributed by atoms with van der Waals surface area (Å²) < 4.78 is 5.95. The predicted molar refractivity (Wildman–Crippen MR) is 81.3 cm³/mol. The molecule has 2 aliphatic heterocycles. The Kier molecular flexibility index (Phi) is 3.83. The Morgan fingerprint density at radius 3 is 3.05 bits per heavy atom. The predicted octanol–water partition coefficient (Wildman–Crippen LogP) is 2.30. The number of pyridine rings is 1. The number of rotatable bonds is 4. The van der Waals surface area contributed by atoms with Crippen molar-refractivity contribution >= 4 is 5.82 Å². The Balaban J connectivity index is 1.88. The molecule has 3 heterocycles. The number of anilines is 1. The highest BCUT2D eigenvalue weighted by Crippen LogP contribution is 2.39. The molecule has 0 amide bonds. The lowest BCUT2D eigenvalue weighted by Crippen LogP contribution is -2.36. The second-order valence-electron chi connectivity index (χ2n) is 6.20. The SMILES string of the molecule is CCC1C2CNCC2CN1c1ncccc1OC(C)C. The van der Waals surface area contributed by atoms with Crippen molar-refractivity contribution in [3.05, 3.63) is 18.3 Å². The van der Waals surface area contributed by atoms with Crippen LogP contribution in [0.3, 0.4) is 0 Å². The normalized spacial score (nSPS) is 29.0. The standard InChI is InChI=1S/C16H25N3O/c1-4-14-13-9-17-8-12(13)10-19(14)16-15(20-11(2)3)6-5-7-18-16/h5-7,11-14,17H,4,8-10H2,1-3H3.